The van der Waals surface area contributed by atoms with E-state index in [1.807, 2.05) is 38.1 Å². The molecule has 0 saturated heterocycles. The summed E-state index contributed by atoms with van der Waals surface area (Å²) in [5, 5.41) is 0. The summed E-state index contributed by atoms with van der Waals surface area (Å²) in [6.45, 7) is 3.86. The number of carbonyl (C=O) groups excluding carboxylic acids is 1. The minimum atomic E-state index is -0.0922. The highest BCUT2D eigenvalue weighted by Gasteiger charge is 2.11. The van der Waals surface area contributed by atoms with Gasteiger partial charge in [0.15, 0.2) is 0 Å². The van der Waals surface area contributed by atoms with Crippen LogP contribution in [0, 0.1) is 6.92 Å². The van der Waals surface area contributed by atoms with Crippen molar-refractivity contribution >= 4 is 24.0 Å². The van der Waals surface area contributed by atoms with Crippen LogP contribution in [0.1, 0.15) is 18.9 Å². The number of nitrogens with two attached hydrogens (primary N) is 1. The molecule has 1 atom stereocenters. The van der Waals surface area contributed by atoms with E-state index < -0.39 is 0 Å². The van der Waals surface area contributed by atoms with Crippen molar-refractivity contribution in [2.24, 2.45) is 5.73 Å². The average molecular weight is 243 g/mol. The second kappa shape index (κ2) is 6.51. The summed E-state index contributed by atoms with van der Waals surface area (Å²) in [5.74, 6) is 0.0499. The van der Waals surface area contributed by atoms with E-state index >= 15 is 0 Å². The van der Waals surface area contributed by atoms with E-state index in [-0.39, 0.29) is 24.4 Å². The molecule has 1 amide bonds. The van der Waals surface area contributed by atoms with E-state index in [2.05, 4.69) is 0 Å². The van der Waals surface area contributed by atoms with Gasteiger partial charge in [-0.05, 0) is 26.0 Å². The van der Waals surface area contributed by atoms with Crippen LogP contribution in [0.25, 0.3) is 0 Å². The Balaban J connectivity index is 0.00000225. The summed E-state index contributed by atoms with van der Waals surface area (Å²) in [4.78, 5) is 13.3. The van der Waals surface area contributed by atoms with Gasteiger partial charge in [-0.3, -0.25) is 4.79 Å². The molecular weight excluding hydrogens is 224 g/mol. The number of anilines is 1. The van der Waals surface area contributed by atoms with E-state index in [4.69, 9.17) is 5.73 Å². The second-order valence-electron chi connectivity index (χ2n) is 3.97. The van der Waals surface area contributed by atoms with Crippen LogP contribution in [0.4, 0.5) is 5.69 Å². The summed E-state index contributed by atoms with van der Waals surface area (Å²) >= 11 is 0. The summed E-state index contributed by atoms with van der Waals surface area (Å²) < 4.78 is 0. The summed E-state index contributed by atoms with van der Waals surface area (Å²) in [7, 11) is 1.77. The first-order chi connectivity index (χ1) is 7.00. The lowest BCUT2D eigenvalue weighted by atomic mass is 10.2. The predicted octanol–water partition coefficient (Wildman–Crippen LogP) is 2.12. The smallest absolute Gasteiger partial charge is 0.228 e. The number of rotatable bonds is 3. The van der Waals surface area contributed by atoms with E-state index in [0.717, 1.165) is 5.69 Å². The fourth-order valence-electron chi connectivity index (χ4n) is 1.32. The topological polar surface area (TPSA) is 46.3 Å². The van der Waals surface area contributed by atoms with Gasteiger partial charge < -0.3 is 10.6 Å². The summed E-state index contributed by atoms with van der Waals surface area (Å²) in [5.41, 5.74) is 7.68. The molecule has 0 radical (unpaired) electrons. The number of nitrogens with zero attached hydrogens (tertiary/aromatic N) is 1. The van der Waals surface area contributed by atoms with E-state index in [9.17, 15) is 4.79 Å². The van der Waals surface area contributed by atoms with Crippen molar-refractivity contribution in [2.45, 2.75) is 26.3 Å². The molecule has 90 valence electrons. The maximum atomic E-state index is 11.7. The molecule has 0 aliphatic heterocycles. The Morgan fingerprint density at radius 3 is 2.31 bits per heavy atom. The van der Waals surface area contributed by atoms with Crippen LogP contribution in [0.15, 0.2) is 24.3 Å². The zero-order valence-electron chi connectivity index (χ0n) is 9.93. The lowest BCUT2D eigenvalue weighted by Gasteiger charge is -2.18. The van der Waals surface area contributed by atoms with E-state index in [0.29, 0.717) is 6.42 Å². The largest absolute Gasteiger partial charge is 0.327 e. The number of amides is 1. The van der Waals surface area contributed by atoms with Gasteiger partial charge in [-0.2, -0.15) is 0 Å². The molecule has 0 aliphatic rings. The third-order valence-electron chi connectivity index (χ3n) is 2.29. The number of carbonyl (C=O) groups is 1. The number of aryl methyl sites for hydroxylation is 1. The third kappa shape index (κ3) is 4.21. The number of hydrogen-bond acceptors (Lipinski definition) is 2. The van der Waals surface area contributed by atoms with Gasteiger partial charge in [0.05, 0.1) is 0 Å². The number of hydrogen-bond donors (Lipinski definition) is 1. The molecule has 1 unspecified atom stereocenters. The lowest BCUT2D eigenvalue weighted by Crippen LogP contribution is -2.31. The Bertz CT molecular complexity index is 335. The van der Waals surface area contributed by atoms with Crippen molar-refractivity contribution in [1.29, 1.82) is 0 Å². The van der Waals surface area contributed by atoms with Crippen molar-refractivity contribution in [3.05, 3.63) is 29.8 Å². The monoisotopic (exact) mass is 242 g/mol. The maximum absolute atomic E-state index is 11.7. The van der Waals surface area contributed by atoms with Gasteiger partial charge >= 0.3 is 0 Å². The molecule has 1 rings (SSSR count). The third-order valence-corrected chi connectivity index (χ3v) is 2.29. The standard InChI is InChI=1S/C12H18N2O.ClH/c1-9-4-6-11(7-5-9)14(3)12(15)8-10(2)13;/h4-7,10H,8,13H2,1-3H3;1H. The molecule has 16 heavy (non-hydrogen) atoms. The molecule has 0 spiro atoms. The first-order valence-electron chi connectivity index (χ1n) is 5.09. The van der Waals surface area contributed by atoms with Crippen molar-refractivity contribution < 1.29 is 4.79 Å². The van der Waals surface area contributed by atoms with Crippen LogP contribution in [0.2, 0.25) is 0 Å². The lowest BCUT2D eigenvalue weighted by molar-refractivity contribution is -0.118. The highest BCUT2D eigenvalue weighted by molar-refractivity contribution is 5.93. The number of benzene rings is 1. The highest BCUT2D eigenvalue weighted by Crippen LogP contribution is 2.14. The van der Waals surface area contributed by atoms with E-state index in [1.165, 1.54) is 5.56 Å². The molecule has 0 fully saturated rings. The van der Waals surface area contributed by atoms with Gasteiger partial charge in [0, 0.05) is 25.2 Å². The van der Waals surface area contributed by atoms with Gasteiger partial charge in [0.2, 0.25) is 5.91 Å². The zero-order valence-corrected chi connectivity index (χ0v) is 10.8. The molecule has 2 N–H and O–H groups in total. The predicted molar refractivity (Wildman–Crippen MR) is 70.1 cm³/mol. The Kier molecular flexibility index (Phi) is 6.08. The first kappa shape index (κ1) is 14.9. The molecule has 0 heterocycles. The molecule has 0 aliphatic carbocycles. The summed E-state index contributed by atoms with van der Waals surface area (Å²) in [6, 6.07) is 7.77. The Hall–Kier alpha value is -1.06. The van der Waals surface area contributed by atoms with Crippen LogP contribution >= 0.6 is 12.4 Å². The number of halogens is 1. The molecule has 1 aromatic rings. The fraction of sp³-hybridized carbons (Fsp3) is 0.417. The van der Waals surface area contributed by atoms with Gasteiger partial charge in [0.25, 0.3) is 0 Å². The van der Waals surface area contributed by atoms with Crippen molar-refractivity contribution in [1.82, 2.24) is 0 Å². The molecule has 1 aromatic carbocycles. The van der Waals surface area contributed by atoms with Gasteiger partial charge in [-0.1, -0.05) is 17.7 Å². The van der Waals surface area contributed by atoms with Crippen molar-refractivity contribution in [3.63, 3.8) is 0 Å². The normalized spacial score (nSPS) is 11.5. The second-order valence-corrected chi connectivity index (χ2v) is 3.97. The molecule has 0 bridgehead atoms. The van der Waals surface area contributed by atoms with Crippen molar-refractivity contribution in [3.8, 4) is 0 Å². The zero-order chi connectivity index (χ0) is 11.4. The summed E-state index contributed by atoms with van der Waals surface area (Å²) in [6.07, 6.45) is 0.379. The Morgan fingerprint density at radius 1 is 1.38 bits per heavy atom. The molecule has 3 nitrogen and oxygen atoms in total. The van der Waals surface area contributed by atoms with Gasteiger partial charge in [0.1, 0.15) is 0 Å². The quantitative estimate of drug-likeness (QED) is 0.883. The van der Waals surface area contributed by atoms with E-state index in [1.54, 1.807) is 11.9 Å². The first-order valence-corrected chi connectivity index (χ1v) is 5.09. The molecular formula is C12H19ClN2O. The Morgan fingerprint density at radius 2 is 1.88 bits per heavy atom. The molecule has 0 saturated carbocycles. The van der Waals surface area contributed by atoms with Crippen LogP contribution in [0.5, 0.6) is 0 Å². The van der Waals surface area contributed by atoms with Gasteiger partial charge in [-0.25, -0.2) is 0 Å². The minimum Gasteiger partial charge on any atom is -0.327 e. The van der Waals surface area contributed by atoms with Crippen LogP contribution in [-0.2, 0) is 4.79 Å². The maximum Gasteiger partial charge on any atom is 0.228 e. The SMILES string of the molecule is Cc1ccc(N(C)C(=O)CC(C)N)cc1.Cl. The molecule has 0 aromatic heterocycles. The van der Waals surface area contributed by atoms with Crippen LogP contribution in [0.3, 0.4) is 0 Å². The highest BCUT2D eigenvalue weighted by atomic mass is 35.5. The molecule has 4 heteroatoms. The van der Waals surface area contributed by atoms with Crippen LogP contribution < -0.4 is 10.6 Å². The van der Waals surface area contributed by atoms with Crippen molar-refractivity contribution in [2.75, 3.05) is 11.9 Å². The Labute approximate surface area is 103 Å². The minimum absolute atomic E-state index is 0. The average Bonchev–Trinajstić information content (AvgIpc) is 2.17. The van der Waals surface area contributed by atoms with Gasteiger partial charge in [-0.15, -0.1) is 12.4 Å². The fourth-order valence-corrected chi connectivity index (χ4v) is 1.32. The van der Waals surface area contributed by atoms with Crippen LogP contribution in [-0.4, -0.2) is 19.0 Å².